The minimum atomic E-state index is -2.44. The maximum Gasteiger partial charge on any atom is 0.249 e. The number of hydrogen-bond donors (Lipinski definition) is 1. The van der Waals surface area contributed by atoms with E-state index in [0.717, 1.165) is 24.9 Å². The molecule has 1 aliphatic heterocycles. The average molecular weight is 285 g/mol. The third-order valence-electron chi connectivity index (χ3n) is 4.53. The van der Waals surface area contributed by atoms with Crippen LogP contribution in [0.5, 0.6) is 0 Å². The van der Waals surface area contributed by atoms with Crippen molar-refractivity contribution in [2.24, 2.45) is 5.41 Å². The van der Waals surface area contributed by atoms with Crippen LogP contribution in [0.4, 0.5) is 8.78 Å². The van der Waals surface area contributed by atoms with E-state index in [2.05, 4.69) is 10.4 Å². The van der Waals surface area contributed by atoms with Gasteiger partial charge in [0.15, 0.2) is 0 Å². The first-order valence-electron chi connectivity index (χ1n) is 7.15. The van der Waals surface area contributed by atoms with E-state index in [1.165, 1.54) is 0 Å². The smallest absolute Gasteiger partial charge is 0.249 e. The van der Waals surface area contributed by atoms with Gasteiger partial charge in [0.25, 0.3) is 0 Å². The van der Waals surface area contributed by atoms with Crippen LogP contribution in [0.2, 0.25) is 0 Å². The van der Waals surface area contributed by atoms with E-state index in [0.29, 0.717) is 13.2 Å². The number of nitrogens with one attached hydrogen (secondary N) is 1. The van der Waals surface area contributed by atoms with Gasteiger partial charge >= 0.3 is 0 Å². The normalized spacial score (nSPS) is 27.4. The molecule has 1 aliphatic carbocycles. The monoisotopic (exact) mass is 285 g/mol. The predicted octanol–water partition coefficient (Wildman–Crippen LogP) is 2.37. The van der Waals surface area contributed by atoms with Crippen LogP contribution in [0, 0.1) is 5.41 Å². The van der Waals surface area contributed by atoms with Gasteiger partial charge in [-0.3, -0.25) is 4.68 Å². The second-order valence-electron chi connectivity index (χ2n) is 6.20. The van der Waals surface area contributed by atoms with Gasteiger partial charge in [-0.2, -0.15) is 5.10 Å². The maximum absolute atomic E-state index is 13.2. The topological polar surface area (TPSA) is 39.1 Å². The highest BCUT2D eigenvalue weighted by Gasteiger charge is 2.57. The Balaban J connectivity index is 1.64. The summed E-state index contributed by atoms with van der Waals surface area (Å²) in [5.74, 6) is -2.44. The van der Waals surface area contributed by atoms with Gasteiger partial charge in [-0.15, -0.1) is 0 Å². The zero-order valence-corrected chi connectivity index (χ0v) is 11.7. The van der Waals surface area contributed by atoms with Crippen LogP contribution >= 0.6 is 0 Å². The molecule has 2 heterocycles. The van der Waals surface area contributed by atoms with Gasteiger partial charge in [-0.25, -0.2) is 8.78 Å². The van der Waals surface area contributed by atoms with Gasteiger partial charge < -0.3 is 10.1 Å². The zero-order chi connectivity index (χ0) is 14.2. The van der Waals surface area contributed by atoms with Crippen LogP contribution in [-0.4, -0.2) is 36.0 Å². The molecule has 1 spiro atoms. The van der Waals surface area contributed by atoms with Crippen LogP contribution in [0.15, 0.2) is 12.4 Å². The van der Waals surface area contributed by atoms with E-state index in [1.807, 2.05) is 17.1 Å². The summed E-state index contributed by atoms with van der Waals surface area (Å²) in [6.45, 7) is 2.14. The highest BCUT2D eigenvalue weighted by Crippen LogP contribution is 2.58. The number of hydrogen-bond acceptors (Lipinski definition) is 3. The summed E-state index contributed by atoms with van der Waals surface area (Å²) in [7, 11) is 1.66. The molecule has 2 fully saturated rings. The Morgan fingerprint density at radius 3 is 3.00 bits per heavy atom. The van der Waals surface area contributed by atoms with Gasteiger partial charge in [0, 0.05) is 37.8 Å². The number of rotatable bonds is 4. The Kier molecular flexibility index (Phi) is 3.54. The summed E-state index contributed by atoms with van der Waals surface area (Å²) in [6, 6.07) is 0.149. The Hall–Kier alpha value is -1.01. The number of ether oxygens (including phenoxy) is 1. The Morgan fingerprint density at radius 1 is 1.50 bits per heavy atom. The first kappa shape index (κ1) is 13.9. The molecule has 1 saturated heterocycles. The van der Waals surface area contributed by atoms with Crippen LogP contribution in [0.1, 0.15) is 37.3 Å². The van der Waals surface area contributed by atoms with Crippen LogP contribution < -0.4 is 5.32 Å². The van der Waals surface area contributed by atoms with Gasteiger partial charge in [0.2, 0.25) is 5.92 Å². The number of halogens is 2. The van der Waals surface area contributed by atoms with E-state index in [-0.39, 0.29) is 24.3 Å². The lowest BCUT2D eigenvalue weighted by Crippen LogP contribution is -2.52. The molecule has 0 bridgehead atoms. The molecule has 0 amide bonds. The molecule has 0 aromatic carbocycles. The molecule has 3 rings (SSSR count). The molecule has 0 radical (unpaired) electrons. The second kappa shape index (κ2) is 5.07. The summed E-state index contributed by atoms with van der Waals surface area (Å²) in [4.78, 5) is 0. The van der Waals surface area contributed by atoms with Crippen molar-refractivity contribution in [2.45, 2.75) is 44.2 Å². The van der Waals surface area contributed by atoms with Gasteiger partial charge in [0.05, 0.1) is 19.3 Å². The summed E-state index contributed by atoms with van der Waals surface area (Å²) in [5, 5.41) is 7.72. The SMILES string of the molecule is COCCn1cc(C2CC3(CCN2)CC(F)(F)C3)cn1. The molecule has 4 nitrogen and oxygen atoms in total. The quantitative estimate of drug-likeness (QED) is 0.923. The molecule has 1 N–H and O–H groups in total. The predicted molar refractivity (Wildman–Crippen MR) is 70.7 cm³/mol. The number of piperidine rings is 1. The molecular weight excluding hydrogens is 264 g/mol. The fourth-order valence-corrected chi connectivity index (χ4v) is 3.59. The molecular formula is C14H21F2N3O. The van der Waals surface area contributed by atoms with Crippen molar-refractivity contribution in [1.82, 2.24) is 15.1 Å². The zero-order valence-electron chi connectivity index (χ0n) is 11.7. The van der Waals surface area contributed by atoms with Gasteiger partial charge in [-0.1, -0.05) is 0 Å². The standard InChI is InChI=1S/C14H21F2N3O/c1-20-5-4-19-8-11(7-18-19)12-6-13(2-3-17-12)9-14(15,16)10-13/h7-8,12,17H,2-6,9-10H2,1H3. The van der Waals surface area contributed by atoms with Crippen LogP contribution in [0.25, 0.3) is 0 Å². The van der Waals surface area contributed by atoms with Gasteiger partial charge in [0.1, 0.15) is 0 Å². The molecule has 1 aromatic heterocycles. The maximum atomic E-state index is 13.2. The van der Waals surface area contributed by atoms with E-state index < -0.39 is 5.92 Å². The van der Waals surface area contributed by atoms with Crippen molar-refractivity contribution in [3.8, 4) is 0 Å². The lowest BCUT2D eigenvalue weighted by molar-refractivity contribution is -0.174. The second-order valence-corrected chi connectivity index (χ2v) is 6.20. The highest BCUT2D eigenvalue weighted by molar-refractivity contribution is 5.15. The summed E-state index contributed by atoms with van der Waals surface area (Å²) < 4.78 is 33.2. The Labute approximate surface area is 117 Å². The van der Waals surface area contributed by atoms with Crippen molar-refractivity contribution in [3.05, 3.63) is 18.0 Å². The van der Waals surface area contributed by atoms with Crippen LogP contribution in [0.3, 0.4) is 0 Å². The first-order chi connectivity index (χ1) is 9.52. The summed E-state index contributed by atoms with van der Waals surface area (Å²) in [5.41, 5.74) is 0.934. The van der Waals surface area contributed by atoms with Crippen molar-refractivity contribution < 1.29 is 13.5 Å². The van der Waals surface area contributed by atoms with E-state index in [9.17, 15) is 8.78 Å². The summed E-state index contributed by atoms with van der Waals surface area (Å²) in [6.07, 6.45) is 5.58. The Bertz CT molecular complexity index is 467. The molecule has 6 heteroatoms. The largest absolute Gasteiger partial charge is 0.383 e. The fourth-order valence-electron chi connectivity index (χ4n) is 3.59. The van der Waals surface area contributed by atoms with Crippen molar-refractivity contribution in [2.75, 3.05) is 20.3 Å². The molecule has 1 saturated carbocycles. The number of methoxy groups -OCH3 is 1. The van der Waals surface area contributed by atoms with Gasteiger partial charge in [-0.05, 0) is 24.8 Å². The van der Waals surface area contributed by atoms with Crippen LogP contribution in [-0.2, 0) is 11.3 Å². The van der Waals surface area contributed by atoms with E-state index >= 15 is 0 Å². The number of nitrogens with zero attached hydrogens (tertiary/aromatic N) is 2. The van der Waals surface area contributed by atoms with E-state index in [4.69, 9.17) is 4.74 Å². The highest BCUT2D eigenvalue weighted by atomic mass is 19.3. The lowest BCUT2D eigenvalue weighted by Gasteiger charge is -2.51. The molecule has 1 aromatic rings. The average Bonchev–Trinajstić information content (AvgIpc) is 2.83. The fraction of sp³-hybridized carbons (Fsp3) is 0.786. The molecule has 20 heavy (non-hydrogen) atoms. The van der Waals surface area contributed by atoms with Crippen molar-refractivity contribution >= 4 is 0 Å². The number of alkyl halides is 2. The molecule has 2 aliphatic rings. The Morgan fingerprint density at radius 2 is 2.30 bits per heavy atom. The van der Waals surface area contributed by atoms with E-state index in [1.54, 1.807) is 7.11 Å². The third-order valence-corrected chi connectivity index (χ3v) is 4.53. The minimum absolute atomic E-state index is 0.0516. The first-order valence-corrected chi connectivity index (χ1v) is 7.15. The molecule has 1 atom stereocenters. The lowest BCUT2D eigenvalue weighted by atomic mass is 9.59. The van der Waals surface area contributed by atoms with Crippen molar-refractivity contribution in [1.29, 1.82) is 0 Å². The van der Waals surface area contributed by atoms with Crippen molar-refractivity contribution in [3.63, 3.8) is 0 Å². The third kappa shape index (κ3) is 2.72. The molecule has 112 valence electrons. The molecule has 1 unspecified atom stereocenters. The minimum Gasteiger partial charge on any atom is -0.383 e. The number of aromatic nitrogens is 2. The summed E-state index contributed by atoms with van der Waals surface area (Å²) >= 11 is 0.